The molecule has 0 fully saturated rings. The molecule has 0 saturated heterocycles. The average molecular weight is 272 g/mol. The molecule has 0 saturated carbocycles. The number of nitrogens with two attached hydrogens (primary N) is 1. The summed E-state index contributed by atoms with van der Waals surface area (Å²) in [6.45, 7) is 11.2. The Balaban J connectivity index is 3.42. The zero-order valence-electron chi connectivity index (χ0n) is 12.9. The minimum Gasteiger partial charge on any atom is -0.409 e. The van der Waals surface area contributed by atoms with E-state index < -0.39 is 0 Å². The van der Waals surface area contributed by atoms with Crippen LogP contribution in [0.25, 0.3) is 0 Å². The fraction of sp³-hybridized carbons (Fsp3) is 0.929. The number of oxime groups is 1. The van der Waals surface area contributed by atoms with Crippen LogP contribution in [0, 0.1) is 0 Å². The van der Waals surface area contributed by atoms with E-state index in [1.54, 1.807) is 0 Å². The molecule has 4 N–H and O–H groups in total. The smallest absolute Gasteiger partial charge is 0.139 e. The SMILES string of the molecule is CCN(CC)CCCC(C)NCCCCC(N)=NO. The van der Waals surface area contributed by atoms with Crippen molar-refractivity contribution in [2.24, 2.45) is 10.9 Å². The Morgan fingerprint density at radius 1 is 1.26 bits per heavy atom. The normalized spacial score (nSPS) is 14.0. The Morgan fingerprint density at radius 2 is 1.95 bits per heavy atom. The molecule has 0 bridgehead atoms. The highest BCUT2D eigenvalue weighted by atomic mass is 16.4. The Bertz CT molecular complexity index is 229. The van der Waals surface area contributed by atoms with Crippen molar-refractivity contribution >= 4 is 5.84 Å². The second-order valence-electron chi connectivity index (χ2n) is 5.07. The fourth-order valence-electron chi connectivity index (χ4n) is 2.09. The van der Waals surface area contributed by atoms with Gasteiger partial charge in [-0.3, -0.25) is 0 Å². The van der Waals surface area contributed by atoms with Crippen LogP contribution < -0.4 is 11.1 Å². The van der Waals surface area contributed by atoms with Crippen molar-refractivity contribution in [3.8, 4) is 0 Å². The first-order valence-corrected chi connectivity index (χ1v) is 7.56. The van der Waals surface area contributed by atoms with E-state index in [2.05, 4.69) is 36.1 Å². The van der Waals surface area contributed by atoms with E-state index >= 15 is 0 Å². The third kappa shape index (κ3) is 10.8. The second-order valence-corrected chi connectivity index (χ2v) is 5.07. The van der Waals surface area contributed by atoms with Crippen LogP contribution in [0.5, 0.6) is 0 Å². The molecule has 0 aromatic rings. The summed E-state index contributed by atoms with van der Waals surface area (Å²) in [7, 11) is 0. The first-order valence-electron chi connectivity index (χ1n) is 7.56. The second kappa shape index (κ2) is 12.2. The van der Waals surface area contributed by atoms with Crippen LogP contribution in [-0.4, -0.2) is 48.2 Å². The molecule has 0 spiro atoms. The molecular weight excluding hydrogens is 240 g/mol. The minimum atomic E-state index is 0.326. The van der Waals surface area contributed by atoms with Crippen molar-refractivity contribution in [3.63, 3.8) is 0 Å². The van der Waals surface area contributed by atoms with Gasteiger partial charge in [0.25, 0.3) is 0 Å². The van der Waals surface area contributed by atoms with Crippen molar-refractivity contribution in [2.45, 2.75) is 58.9 Å². The summed E-state index contributed by atoms with van der Waals surface area (Å²) in [6.07, 6.45) is 5.18. The van der Waals surface area contributed by atoms with Gasteiger partial charge in [0.05, 0.1) is 0 Å². The van der Waals surface area contributed by atoms with Gasteiger partial charge in [-0.1, -0.05) is 19.0 Å². The van der Waals surface area contributed by atoms with E-state index in [0.29, 0.717) is 18.3 Å². The molecule has 0 rings (SSSR count). The molecule has 0 heterocycles. The largest absolute Gasteiger partial charge is 0.409 e. The minimum absolute atomic E-state index is 0.326. The third-order valence-corrected chi connectivity index (χ3v) is 3.49. The van der Waals surface area contributed by atoms with Gasteiger partial charge in [-0.05, 0) is 58.8 Å². The van der Waals surface area contributed by atoms with Crippen molar-refractivity contribution < 1.29 is 5.21 Å². The van der Waals surface area contributed by atoms with Crippen LogP contribution in [0.2, 0.25) is 0 Å². The monoisotopic (exact) mass is 272 g/mol. The molecule has 114 valence electrons. The Labute approximate surface area is 118 Å². The van der Waals surface area contributed by atoms with Gasteiger partial charge >= 0.3 is 0 Å². The first-order chi connectivity index (χ1) is 9.13. The van der Waals surface area contributed by atoms with E-state index in [1.807, 2.05) is 0 Å². The Hall–Kier alpha value is -0.810. The predicted molar refractivity (Wildman–Crippen MR) is 81.7 cm³/mol. The molecule has 1 atom stereocenters. The zero-order chi connectivity index (χ0) is 14.5. The molecular formula is C14H32N4O. The summed E-state index contributed by atoms with van der Waals surface area (Å²) >= 11 is 0. The van der Waals surface area contributed by atoms with Crippen LogP contribution in [0.3, 0.4) is 0 Å². The van der Waals surface area contributed by atoms with Gasteiger partial charge in [-0.15, -0.1) is 0 Å². The van der Waals surface area contributed by atoms with Crippen LogP contribution >= 0.6 is 0 Å². The summed E-state index contributed by atoms with van der Waals surface area (Å²) in [6, 6.07) is 0.569. The van der Waals surface area contributed by atoms with E-state index in [4.69, 9.17) is 10.9 Å². The highest BCUT2D eigenvalue weighted by Crippen LogP contribution is 2.01. The Morgan fingerprint density at radius 3 is 2.53 bits per heavy atom. The molecule has 0 aromatic heterocycles. The highest BCUT2D eigenvalue weighted by Gasteiger charge is 2.03. The standard InChI is InChI=1S/C14H32N4O/c1-4-18(5-2)12-8-9-13(3)16-11-7-6-10-14(15)17-19/h13,16,19H,4-12H2,1-3H3,(H2,15,17). The van der Waals surface area contributed by atoms with Gasteiger partial charge in [0.1, 0.15) is 5.84 Å². The van der Waals surface area contributed by atoms with Crippen molar-refractivity contribution in [2.75, 3.05) is 26.2 Å². The highest BCUT2D eigenvalue weighted by molar-refractivity contribution is 5.79. The number of hydrogen-bond acceptors (Lipinski definition) is 4. The maximum atomic E-state index is 8.41. The van der Waals surface area contributed by atoms with Crippen molar-refractivity contribution in [1.82, 2.24) is 10.2 Å². The van der Waals surface area contributed by atoms with E-state index in [1.165, 1.54) is 19.4 Å². The zero-order valence-corrected chi connectivity index (χ0v) is 12.9. The molecule has 1 unspecified atom stereocenters. The summed E-state index contributed by atoms with van der Waals surface area (Å²) in [5, 5.41) is 14.9. The molecule has 0 amide bonds. The summed E-state index contributed by atoms with van der Waals surface area (Å²) in [4.78, 5) is 2.46. The lowest BCUT2D eigenvalue weighted by atomic mass is 10.1. The lowest BCUT2D eigenvalue weighted by molar-refractivity contribution is 0.290. The number of rotatable bonds is 12. The lowest BCUT2D eigenvalue weighted by Gasteiger charge is -2.19. The van der Waals surface area contributed by atoms with Gasteiger partial charge < -0.3 is 21.2 Å². The quantitative estimate of drug-likeness (QED) is 0.167. The fourth-order valence-corrected chi connectivity index (χ4v) is 2.09. The van der Waals surface area contributed by atoms with E-state index in [9.17, 15) is 0 Å². The molecule has 0 aliphatic rings. The molecule has 19 heavy (non-hydrogen) atoms. The van der Waals surface area contributed by atoms with Crippen LogP contribution in [-0.2, 0) is 0 Å². The first kappa shape index (κ1) is 18.2. The number of nitrogens with zero attached hydrogens (tertiary/aromatic N) is 2. The molecule has 5 heteroatoms. The molecule has 0 aliphatic heterocycles. The molecule has 0 aliphatic carbocycles. The number of amidine groups is 1. The summed E-state index contributed by atoms with van der Waals surface area (Å²) in [5.74, 6) is 0.326. The molecule has 5 nitrogen and oxygen atoms in total. The number of unbranched alkanes of at least 4 members (excludes halogenated alkanes) is 1. The van der Waals surface area contributed by atoms with Gasteiger partial charge in [-0.25, -0.2) is 0 Å². The predicted octanol–water partition coefficient (Wildman–Crippen LogP) is 2.00. The topological polar surface area (TPSA) is 73.9 Å². The lowest BCUT2D eigenvalue weighted by Crippen LogP contribution is -2.29. The van der Waals surface area contributed by atoms with Gasteiger partial charge in [0.15, 0.2) is 0 Å². The third-order valence-electron chi connectivity index (χ3n) is 3.49. The van der Waals surface area contributed by atoms with Crippen molar-refractivity contribution in [3.05, 3.63) is 0 Å². The van der Waals surface area contributed by atoms with Gasteiger partial charge in [0, 0.05) is 12.5 Å². The van der Waals surface area contributed by atoms with Crippen LogP contribution in [0.15, 0.2) is 5.16 Å². The van der Waals surface area contributed by atoms with Crippen LogP contribution in [0.1, 0.15) is 52.9 Å². The number of nitrogens with one attached hydrogen (secondary N) is 1. The summed E-state index contributed by atoms with van der Waals surface area (Å²) < 4.78 is 0. The van der Waals surface area contributed by atoms with Crippen LogP contribution in [0.4, 0.5) is 0 Å². The average Bonchev–Trinajstić information content (AvgIpc) is 2.42. The molecule has 0 aromatic carbocycles. The number of hydrogen-bond donors (Lipinski definition) is 3. The van der Waals surface area contributed by atoms with Gasteiger partial charge in [-0.2, -0.15) is 0 Å². The Kier molecular flexibility index (Phi) is 11.7. The van der Waals surface area contributed by atoms with E-state index in [0.717, 1.165) is 32.5 Å². The van der Waals surface area contributed by atoms with Gasteiger partial charge in [0.2, 0.25) is 0 Å². The maximum Gasteiger partial charge on any atom is 0.139 e. The van der Waals surface area contributed by atoms with Crippen molar-refractivity contribution in [1.29, 1.82) is 0 Å². The maximum absolute atomic E-state index is 8.41. The summed E-state index contributed by atoms with van der Waals surface area (Å²) in [5.41, 5.74) is 5.41. The molecule has 0 radical (unpaired) electrons. The van der Waals surface area contributed by atoms with E-state index in [-0.39, 0.29) is 0 Å².